The minimum absolute atomic E-state index is 0.607. The predicted molar refractivity (Wildman–Crippen MR) is 267 cm³/mol. The maximum Gasteiger partial charge on any atom is 0.164 e. The second-order valence-electron chi connectivity index (χ2n) is 16.2. The molecule has 4 heterocycles. The number of imidazole rings is 1. The Morgan fingerprint density at radius 1 is 0.369 bits per heavy atom. The van der Waals surface area contributed by atoms with Gasteiger partial charge < -0.3 is 4.42 Å². The Morgan fingerprint density at radius 2 is 0.969 bits per heavy atom. The van der Waals surface area contributed by atoms with Crippen LogP contribution in [-0.2, 0) is 0 Å². The van der Waals surface area contributed by atoms with E-state index in [0.717, 1.165) is 77.9 Å². The van der Waals surface area contributed by atoms with Crippen LogP contribution in [-0.4, -0.2) is 24.5 Å². The average molecular weight is 850 g/mol. The molecule has 0 aliphatic heterocycles. The van der Waals surface area contributed by atoms with Gasteiger partial charge >= 0.3 is 0 Å². The Balaban J connectivity index is 0.867. The molecular formula is C58H35N5OS. The SMILES string of the molecule is c1ccc(-c2nc(-c3cccc(-c4cccc5c4sc4ccc(-c6ccc(-c7nc8ccccc8n7-c7ccccc7)cc6)cc45)c3)nc(-c3ccc4oc5ccccc5c4c3)n2)cc1. The van der Waals surface area contributed by atoms with Gasteiger partial charge in [0.05, 0.1) is 11.0 Å². The molecule has 0 bridgehead atoms. The molecule has 0 aliphatic rings. The van der Waals surface area contributed by atoms with E-state index in [4.69, 9.17) is 24.4 Å². The van der Waals surface area contributed by atoms with Crippen LogP contribution in [0.3, 0.4) is 0 Å². The summed E-state index contributed by atoms with van der Waals surface area (Å²) in [6.45, 7) is 0. The second kappa shape index (κ2) is 15.1. The summed E-state index contributed by atoms with van der Waals surface area (Å²) in [4.78, 5) is 20.3. The van der Waals surface area contributed by atoms with E-state index in [9.17, 15) is 0 Å². The topological polar surface area (TPSA) is 69.6 Å². The zero-order chi connectivity index (χ0) is 42.8. The van der Waals surface area contributed by atoms with Gasteiger partial charge in [-0.3, -0.25) is 4.57 Å². The third kappa shape index (κ3) is 6.40. The Labute approximate surface area is 377 Å². The molecule has 0 radical (unpaired) electrons. The highest BCUT2D eigenvalue weighted by Gasteiger charge is 2.18. The van der Waals surface area contributed by atoms with Crippen LogP contribution in [0, 0.1) is 0 Å². The van der Waals surface area contributed by atoms with Crippen molar-refractivity contribution in [1.29, 1.82) is 0 Å². The summed E-state index contributed by atoms with van der Waals surface area (Å²) in [5.74, 6) is 2.77. The van der Waals surface area contributed by atoms with E-state index in [-0.39, 0.29) is 0 Å². The fourth-order valence-electron chi connectivity index (χ4n) is 9.12. The highest BCUT2D eigenvalue weighted by atomic mass is 32.1. The lowest BCUT2D eigenvalue weighted by Crippen LogP contribution is -2.00. The molecule has 65 heavy (non-hydrogen) atoms. The molecule has 304 valence electrons. The molecule has 9 aromatic carbocycles. The lowest BCUT2D eigenvalue weighted by Gasteiger charge is -2.10. The number of aromatic nitrogens is 5. The largest absolute Gasteiger partial charge is 0.456 e. The zero-order valence-corrected chi connectivity index (χ0v) is 35.6. The van der Waals surface area contributed by atoms with E-state index in [1.807, 2.05) is 84.1 Å². The summed E-state index contributed by atoms with van der Waals surface area (Å²) < 4.78 is 10.9. The second-order valence-corrected chi connectivity index (χ2v) is 17.3. The van der Waals surface area contributed by atoms with Crippen LogP contribution in [0.15, 0.2) is 217 Å². The molecule has 0 N–H and O–H groups in total. The summed E-state index contributed by atoms with van der Waals surface area (Å²) in [5, 5.41) is 4.57. The van der Waals surface area contributed by atoms with Crippen molar-refractivity contribution in [2.75, 3.05) is 0 Å². The van der Waals surface area contributed by atoms with Crippen molar-refractivity contribution in [2.45, 2.75) is 0 Å². The predicted octanol–water partition coefficient (Wildman–Crippen LogP) is 15.5. The van der Waals surface area contributed by atoms with Gasteiger partial charge in [-0.05, 0) is 89.0 Å². The van der Waals surface area contributed by atoms with Gasteiger partial charge in [0.15, 0.2) is 17.5 Å². The van der Waals surface area contributed by atoms with E-state index < -0.39 is 0 Å². The van der Waals surface area contributed by atoms with Gasteiger partial charge in [-0.1, -0.05) is 146 Å². The number of benzene rings is 9. The standard InChI is InChI=1S/C58H35N5OS/c1-3-13-37(14-4-1)55-60-56(62-57(61-55)42-29-31-52-47(35-42)45-19-7-10-24-51(45)64-52)41-16-11-15-40(33-41)44-20-12-21-46-48-34-39(30-32-53(48)65-54(44)46)36-25-27-38(28-26-36)58-59-49-22-8-9-23-50(49)63(58)43-17-5-2-6-18-43/h1-35H. The van der Waals surface area contributed by atoms with Gasteiger partial charge in [-0.25, -0.2) is 19.9 Å². The maximum absolute atomic E-state index is 6.15. The van der Waals surface area contributed by atoms with Crippen molar-refractivity contribution in [3.63, 3.8) is 0 Å². The molecule has 7 heteroatoms. The van der Waals surface area contributed by atoms with Gasteiger partial charge in [0.25, 0.3) is 0 Å². The van der Waals surface area contributed by atoms with Gasteiger partial charge in [0.2, 0.25) is 0 Å². The van der Waals surface area contributed by atoms with Crippen molar-refractivity contribution in [1.82, 2.24) is 24.5 Å². The molecule has 0 atom stereocenters. The first-order valence-corrected chi connectivity index (χ1v) is 22.4. The molecule has 0 amide bonds. The average Bonchev–Trinajstić information content (AvgIpc) is 4.08. The van der Waals surface area contributed by atoms with Crippen LogP contribution in [0.4, 0.5) is 0 Å². The Morgan fingerprint density at radius 3 is 1.82 bits per heavy atom. The number of thiophene rings is 1. The number of fused-ring (bicyclic) bond motifs is 7. The van der Waals surface area contributed by atoms with E-state index >= 15 is 0 Å². The molecule has 13 aromatic rings. The number of hydrogen-bond donors (Lipinski definition) is 0. The minimum atomic E-state index is 0.607. The number of nitrogens with zero attached hydrogens (tertiary/aromatic N) is 5. The minimum Gasteiger partial charge on any atom is -0.456 e. The molecule has 0 spiro atoms. The molecule has 6 nitrogen and oxygen atoms in total. The van der Waals surface area contributed by atoms with Gasteiger partial charge in [-0.15, -0.1) is 11.3 Å². The Hall–Kier alpha value is -8.52. The molecule has 0 unspecified atom stereocenters. The van der Waals surface area contributed by atoms with E-state index in [2.05, 4.69) is 144 Å². The Kier molecular flexibility index (Phi) is 8.60. The lowest BCUT2D eigenvalue weighted by molar-refractivity contribution is 0.669. The van der Waals surface area contributed by atoms with Crippen molar-refractivity contribution in [3.8, 4) is 73.5 Å². The third-order valence-electron chi connectivity index (χ3n) is 12.3. The first-order chi connectivity index (χ1) is 32.2. The summed E-state index contributed by atoms with van der Waals surface area (Å²) in [6.07, 6.45) is 0. The normalized spacial score (nSPS) is 11.7. The zero-order valence-electron chi connectivity index (χ0n) is 34.8. The van der Waals surface area contributed by atoms with Crippen molar-refractivity contribution in [3.05, 3.63) is 212 Å². The Bertz CT molecular complexity index is 3950. The third-order valence-corrected chi connectivity index (χ3v) is 13.5. The lowest BCUT2D eigenvalue weighted by atomic mass is 9.98. The van der Waals surface area contributed by atoms with Crippen molar-refractivity contribution in [2.24, 2.45) is 0 Å². The maximum atomic E-state index is 6.15. The summed E-state index contributed by atoms with van der Waals surface area (Å²) in [5.41, 5.74) is 13.3. The highest BCUT2D eigenvalue weighted by Crippen LogP contribution is 2.42. The molecule has 0 aliphatic carbocycles. The van der Waals surface area contributed by atoms with Crippen LogP contribution in [0.1, 0.15) is 0 Å². The molecule has 13 rings (SSSR count). The van der Waals surface area contributed by atoms with E-state index in [1.165, 1.54) is 31.3 Å². The van der Waals surface area contributed by atoms with Gasteiger partial charge in [0.1, 0.15) is 17.0 Å². The highest BCUT2D eigenvalue weighted by molar-refractivity contribution is 7.26. The molecule has 4 aromatic heterocycles. The van der Waals surface area contributed by atoms with Crippen LogP contribution >= 0.6 is 11.3 Å². The number of furan rings is 1. The molecule has 0 saturated carbocycles. The van der Waals surface area contributed by atoms with Crippen LogP contribution in [0.25, 0.3) is 127 Å². The summed E-state index contributed by atoms with van der Waals surface area (Å²) >= 11 is 1.83. The van der Waals surface area contributed by atoms with Crippen LogP contribution in [0.5, 0.6) is 0 Å². The van der Waals surface area contributed by atoms with E-state index in [1.54, 1.807) is 0 Å². The van der Waals surface area contributed by atoms with Gasteiger partial charge in [-0.2, -0.15) is 0 Å². The van der Waals surface area contributed by atoms with Gasteiger partial charge in [0, 0.05) is 58.9 Å². The summed E-state index contributed by atoms with van der Waals surface area (Å²) in [6, 6.07) is 74.0. The fourth-order valence-corrected chi connectivity index (χ4v) is 10.3. The number of para-hydroxylation sites is 4. The number of hydrogen-bond acceptors (Lipinski definition) is 6. The smallest absolute Gasteiger partial charge is 0.164 e. The van der Waals surface area contributed by atoms with Crippen LogP contribution < -0.4 is 0 Å². The number of rotatable bonds is 7. The quantitative estimate of drug-likeness (QED) is 0.160. The first kappa shape index (κ1) is 37.1. The molecular weight excluding hydrogens is 815 g/mol. The summed E-state index contributed by atoms with van der Waals surface area (Å²) in [7, 11) is 0. The van der Waals surface area contributed by atoms with Crippen molar-refractivity contribution < 1.29 is 4.42 Å². The van der Waals surface area contributed by atoms with Crippen molar-refractivity contribution >= 4 is 64.5 Å². The fraction of sp³-hybridized carbons (Fsp3) is 0. The first-order valence-electron chi connectivity index (χ1n) is 21.6. The van der Waals surface area contributed by atoms with Crippen LogP contribution in [0.2, 0.25) is 0 Å². The molecule has 0 saturated heterocycles. The molecule has 0 fully saturated rings. The monoisotopic (exact) mass is 849 g/mol. The van der Waals surface area contributed by atoms with E-state index in [0.29, 0.717) is 17.5 Å².